The number of hydrogen-bond acceptors (Lipinski definition) is 3. The van der Waals surface area contributed by atoms with Crippen molar-refractivity contribution in [3.05, 3.63) is 83.3 Å². The van der Waals surface area contributed by atoms with Crippen LogP contribution in [0.4, 0.5) is 4.39 Å². The first-order valence-electron chi connectivity index (χ1n) is 11.0. The molecule has 0 spiro atoms. The number of nitrogens with zero attached hydrogens (tertiary/aromatic N) is 2. The molecule has 1 fully saturated rings. The third-order valence-electron chi connectivity index (χ3n) is 6.34. The zero-order chi connectivity index (χ0) is 22.9. The second-order valence-corrected chi connectivity index (χ2v) is 8.33. The zero-order valence-electron chi connectivity index (χ0n) is 18.1. The van der Waals surface area contributed by atoms with E-state index in [0.29, 0.717) is 49.2 Å². The van der Waals surface area contributed by atoms with Crippen LogP contribution >= 0.6 is 0 Å². The fraction of sp³-hybridized carbons (Fsp3) is 0.231. The molecule has 3 aromatic carbocycles. The van der Waals surface area contributed by atoms with Crippen LogP contribution in [0.15, 0.2) is 60.7 Å². The van der Waals surface area contributed by atoms with Gasteiger partial charge in [-0.25, -0.2) is 9.18 Å². The monoisotopic (exact) mass is 445 g/mol. The van der Waals surface area contributed by atoms with Gasteiger partial charge in [0.2, 0.25) is 5.91 Å². The molecule has 1 aliphatic rings. The molecule has 2 N–H and O–H groups in total. The van der Waals surface area contributed by atoms with E-state index >= 15 is 0 Å². The van der Waals surface area contributed by atoms with Gasteiger partial charge in [-0.3, -0.25) is 4.79 Å². The van der Waals surface area contributed by atoms with Crippen molar-refractivity contribution in [3.63, 3.8) is 0 Å². The lowest BCUT2D eigenvalue weighted by atomic mass is 10.0. The van der Waals surface area contributed by atoms with Crippen LogP contribution in [-0.2, 0) is 17.8 Å². The number of hydrogen-bond donors (Lipinski definition) is 2. The Morgan fingerprint density at radius 3 is 2.52 bits per heavy atom. The van der Waals surface area contributed by atoms with Crippen molar-refractivity contribution < 1.29 is 19.1 Å². The Balaban J connectivity index is 1.64. The predicted octanol–water partition coefficient (Wildman–Crippen LogP) is 3.65. The number of halogens is 1. The average Bonchev–Trinajstić information content (AvgIpc) is 3.12. The van der Waals surface area contributed by atoms with Gasteiger partial charge in [-0.15, -0.1) is 0 Å². The van der Waals surface area contributed by atoms with E-state index in [1.165, 1.54) is 12.1 Å². The first kappa shape index (κ1) is 21.2. The number of carboxylic acids is 1. The average molecular weight is 445 g/mol. The van der Waals surface area contributed by atoms with E-state index in [4.69, 9.17) is 0 Å². The maximum atomic E-state index is 14.2. The Morgan fingerprint density at radius 2 is 1.73 bits per heavy atom. The van der Waals surface area contributed by atoms with Crippen LogP contribution in [0.2, 0.25) is 0 Å². The van der Waals surface area contributed by atoms with E-state index in [1.54, 1.807) is 15.5 Å². The summed E-state index contributed by atoms with van der Waals surface area (Å²) in [6.45, 7) is 2.85. The maximum absolute atomic E-state index is 14.2. The molecule has 0 atom stereocenters. The number of carbonyl (C=O) groups is 2. The molecule has 0 radical (unpaired) electrons. The minimum Gasteiger partial charge on any atom is -0.477 e. The van der Waals surface area contributed by atoms with Gasteiger partial charge in [0.05, 0.1) is 6.42 Å². The van der Waals surface area contributed by atoms with Crippen molar-refractivity contribution in [1.29, 1.82) is 0 Å². The van der Waals surface area contributed by atoms with E-state index in [0.717, 1.165) is 16.3 Å². The van der Waals surface area contributed by atoms with Crippen molar-refractivity contribution in [2.75, 3.05) is 26.2 Å². The molecule has 6 nitrogen and oxygen atoms in total. The third kappa shape index (κ3) is 3.96. The Morgan fingerprint density at radius 1 is 0.970 bits per heavy atom. The fourth-order valence-electron chi connectivity index (χ4n) is 4.76. The summed E-state index contributed by atoms with van der Waals surface area (Å²) >= 11 is 0. The molecule has 0 saturated carbocycles. The van der Waals surface area contributed by atoms with Crippen molar-refractivity contribution in [1.82, 2.24) is 14.8 Å². The minimum atomic E-state index is -1.13. The van der Waals surface area contributed by atoms with E-state index in [-0.39, 0.29) is 18.0 Å². The molecule has 1 aromatic heterocycles. The molecule has 33 heavy (non-hydrogen) atoms. The Bertz CT molecular complexity index is 1370. The summed E-state index contributed by atoms with van der Waals surface area (Å²) in [5, 5.41) is 15.9. The van der Waals surface area contributed by atoms with Crippen LogP contribution in [0.3, 0.4) is 0 Å². The lowest BCUT2D eigenvalue weighted by Crippen LogP contribution is -2.47. The first-order chi connectivity index (χ1) is 16.0. The predicted molar refractivity (Wildman–Crippen MR) is 125 cm³/mol. The Kier molecular flexibility index (Phi) is 5.56. The number of fused-ring (bicyclic) bond motifs is 2. The van der Waals surface area contributed by atoms with Crippen molar-refractivity contribution in [3.8, 4) is 0 Å². The number of carboxylic acid groups (broad SMARTS) is 1. The summed E-state index contributed by atoms with van der Waals surface area (Å²) in [5.74, 6) is -1.74. The molecule has 4 aromatic rings. The molecular formula is C26H24FN3O3. The van der Waals surface area contributed by atoms with E-state index in [9.17, 15) is 19.1 Å². The third-order valence-corrected chi connectivity index (χ3v) is 6.34. The molecule has 0 unspecified atom stereocenters. The molecule has 1 saturated heterocycles. The summed E-state index contributed by atoms with van der Waals surface area (Å²) in [6.07, 6.45) is -0.0792. The Hall–Kier alpha value is -3.71. The summed E-state index contributed by atoms with van der Waals surface area (Å²) in [6, 6.07) is 18.1. The first-order valence-corrected chi connectivity index (χ1v) is 11.0. The lowest BCUT2D eigenvalue weighted by molar-refractivity contribution is -0.131. The lowest BCUT2D eigenvalue weighted by Gasteiger charge is -2.27. The second-order valence-electron chi connectivity index (χ2n) is 8.33. The van der Waals surface area contributed by atoms with Crippen molar-refractivity contribution in [2.24, 2.45) is 0 Å². The van der Waals surface area contributed by atoms with E-state index in [2.05, 4.69) is 5.32 Å². The number of aromatic nitrogens is 1. The van der Waals surface area contributed by atoms with E-state index < -0.39 is 11.8 Å². The number of amides is 1. The standard InChI is InChI=1S/C26H24FN3O3/c27-19-8-9-23-21(14-19)22(15-24(31)29-12-10-28-11-13-29)25(26(32)33)30(23)16-18-6-3-5-17-4-1-2-7-20(17)18/h1-9,14,28H,10-13,15-16H2,(H,32,33). The highest BCUT2D eigenvalue weighted by Gasteiger charge is 2.27. The number of rotatable bonds is 5. The van der Waals surface area contributed by atoms with Gasteiger partial charge >= 0.3 is 5.97 Å². The van der Waals surface area contributed by atoms with Gasteiger partial charge in [0.1, 0.15) is 11.5 Å². The molecule has 0 bridgehead atoms. The van der Waals surface area contributed by atoms with Crippen LogP contribution < -0.4 is 5.32 Å². The second kappa shape index (κ2) is 8.67. The van der Waals surface area contributed by atoms with Gasteiger partial charge in [-0.05, 0) is 34.5 Å². The van der Waals surface area contributed by atoms with E-state index in [1.807, 2.05) is 42.5 Å². The molecule has 168 valence electrons. The van der Waals surface area contributed by atoms with Crippen LogP contribution in [-0.4, -0.2) is 52.6 Å². The zero-order valence-corrected chi connectivity index (χ0v) is 18.1. The minimum absolute atomic E-state index is 0.0343. The molecule has 5 rings (SSSR count). The maximum Gasteiger partial charge on any atom is 0.352 e. The summed E-state index contributed by atoms with van der Waals surface area (Å²) in [4.78, 5) is 27.2. The van der Waals surface area contributed by atoms with Gasteiger partial charge in [0, 0.05) is 49.2 Å². The SMILES string of the molecule is O=C(O)c1c(CC(=O)N2CCNCC2)c2cc(F)ccc2n1Cc1cccc2ccccc12. The number of benzene rings is 3. The molecule has 0 aliphatic carbocycles. The number of aromatic carboxylic acids is 1. The largest absolute Gasteiger partial charge is 0.477 e. The number of piperazine rings is 1. The van der Waals surface area contributed by atoms with Crippen LogP contribution in [0.5, 0.6) is 0 Å². The van der Waals surface area contributed by atoms with Gasteiger partial charge in [0.25, 0.3) is 0 Å². The quantitative estimate of drug-likeness (QED) is 0.492. The highest BCUT2D eigenvalue weighted by molar-refractivity contribution is 6.01. The van der Waals surface area contributed by atoms with Crippen molar-refractivity contribution in [2.45, 2.75) is 13.0 Å². The molecule has 2 heterocycles. The fourth-order valence-corrected chi connectivity index (χ4v) is 4.76. The van der Waals surface area contributed by atoms with Gasteiger partial charge in [-0.1, -0.05) is 42.5 Å². The number of nitrogens with one attached hydrogen (secondary N) is 1. The molecule has 1 aliphatic heterocycles. The molecular weight excluding hydrogens is 421 g/mol. The summed E-state index contributed by atoms with van der Waals surface area (Å²) < 4.78 is 15.9. The summed E-state index contributed by atoms with van der Waals surface area (Å²) in [7, 11) is 0. The van der Waals surface area contributed by atoms with Crippen LogP contribution in [0.25, 0.3) is 21.7 Å². The highest BCUT2D eigenvalue weighted by atomic mass is 19.1. The van der Waals surface area contributed by atoms with Gasteiger partial charge < -0.3 is 19.9 Å². The Labute approximate surface area is 190 Å². The highest BCUT2D eigenvalue weighted by Crippen LogP contribution is 2.30. The van der Waals surface area contributed by atoms with Gasteiger partial charge in [0.15, 0.2) is 0 Å². The van der Waals surface area contributed by atoms with Crippen LogP contribution in [0, 0.1) is 5.82 Å². The number of carbonyl (C=O) groups excluding carboxylic acids is 1. The van der Waals surface area contributed by atoms with Crippen LogP contribution in [0.1, 0.15) is 21.6 Å². The normalized spacial score (nSPS) is 14.2. The van der Waals surface area contributed by atoms with Crippen molar-refractivity contribution >= 4 is 33.6 Å². The topological polar surface area (TPSA) is 74.6 Å². The van der Waals surface area contributed by atoms with Gasteiger partial charge in [-0.2, -0.15) is 0 Å². The summed E-state index contributed by atoms with van der Waals surface area (Å²) in [5.41, 5.74) is 1.95. The molecule has 1 amide bonds. The smallest absolute Gasteiger partial charge is 0.352 e. The molecule has 7 heteroatoms.